The Morgan fingerprint density at radius 2 is 1.73 bits per heavy atom. The quantitative estimate of drug-likeness (QED) is 0.827. The maximum absolute atomic E-state index is 10.6. The highest BCUT2D eigenvalue weighted by Crippen LogP contribution is 2.19. The van der Waals surface area contributed by atoms with Gasteiger partial charge in [-0.3, -0.25) is 0 Å². The summed E-state index contributed by atoms with van der Waals surface area (Å²) in [6.45, 7) is 5.73. The summed E-state index contributed by atoms with van der Waals surface area (Å²) in [4.78, 5) is 10.6. The topological polar surface area (TPSA) is 46.5 Å². The van der Waals surface area contributed by atoms with Crippen molar-refractivity contribution >= 4 is 5.97 Å². The molecule has 0 fully saturated rings. The van der Waals surface area contributed by atoms with E-state index in [1.807, 2.05) is 12.1 Å². The molecule has 0 aliphatic heterocycles. The Balaban J connectivity index is 2.68. The van der Waals surface area contributed by atoms with Gasteiger partial charge in [0.15, 0.2) is 6.10 Å². The summed E-state index contributed by atoms with van der Waals surface area (Å²) in [7, 11) is 0. The van der Waals surface area contributed by atoms with Crippen molar-refractivity contribution < 1.29 is 14.6 Å². The number of carbonyl (C=O) groups is 1. The first-order chi connectivity index (χ1) is 7.00. The van der Waals surface area contributed by atoms with Gasteiger partial charge in [0.1, 0.15) is 5.75 Å². The molecule has 3 heteroatoms. The summed E-state index contributed by atoms with van der Waals surface area (Å²) in [5.41, 5.74) is 1.21. The van der Waals surface area contributed by atoms with Crippen molar-refractivity contribution in [3.63, 3.8) is 0 Å². The maximum Gasteiger partial charge on any atom is 0.344 e. The van der Waals surface area contributed by atoms with Crippen molar-refractivity contribution in [1.29, 1.82) is 0 Å². The number of ether oxygens (including phenoxy) is 1. The Hall–Kier alpha value is -1.51. The smallest absolute Gasteiger partial charge is 0.344 e. The summed E-state index contributed by atoms with van der Waals surface area (Å²) in [5, 5.41) is 8.66. The fraction of sp³-hybridized carbons (Fsp3) is 0.417. The molecule has 0 unspecified atom stereocenters. The van der Waals surface area contributed by atoms with Crippen molar-refractivity contribution in [1.82, 2.24) is 0 Å². The van der Waals surface area contributed by atoms with Gasteiger partial charge in [-0.15, -0.1) is 0 Å². The van der Waals surface area contributed by atoms with Crippen LogP contribution in [0.1, 0.15) is 32.3 Å². The van der Waals surface area contributed by atoms with Crippen LogP contribution in [-0.2, 0) is 4.79 Å². The van der Waals surface area contributed by atoms with Gasteiger partial charge < -0.3 is 9.84 Å². The van der Waals surface area contributed by atoms with Gasteiger partial charge in [0.25, 0.3) is 0 Å². The molecule has 0 radical (unpaired) electrons. The fourth-order valence-electron chi connectivity index (χ4n) is 1.19. The predicted octanol–water partition coefficient (Wildman–Crippen LogP) is 2.66. The van der Waals surface area contributed by atoms with Gasteiger partial charge in [-0.25, -0.2) is 4.79 Å². The van der Waals surface area contributed by atoms with Crippen LogP contribution in [-0.4, -0.2) is 17.2 Å². The molecule has 0 amide bonds. The predicted molar refractivity (Wildman–Crippen MR) is 58.3 cm³/mol. The Bertz CT molecular complexity index is 327. The molecule has 1 aromatic carbocycles. The third kappa shape index (κ3) is 3.27. The van der Waals surface area contributed by atoms with Gasteiger partial charge in [0.2, 0.25) is 0 Å². The minimum Gasteiger partial charge on any atom is -0.479 e. The second-order valence-electron chi connectivity index (χ2n) is 3.82. The van der Waals surface area contributed by atoms with Crippen LogP contribution in [0, 0.1) is 0 Å². The monoisotopic (exact) mass is 208 g/mol. The number of carboxylic acids is 1. The van der Waals surface area contributed by atoms with Crippen LogP contribution in [0.2, 0.25) is 0 Å². The number of carboxylic acid groups (broad SMARTS) is 1. The third-order valence-corrected chi connectivity index (χ3v) is 2.21. The lowest BCUT2D eigenvalue weighted by atomic mass is 10.0. The van der Waals surface area contributed by atoms with Crippen molar-refractivity contribution in [2.24, 2.45) is 0 Å². The van der Waals surface area contributed by atoms with Gasteiger partial charge in [0, 0.05) is 0 Å². The molecule has 0 bridgehead atoms. The van der Waals surface area contributed by atoms with Crippen molar-refractivity contribution in [3.8, 4) is 5.75 Å². The van der Waals surface area contributed by atoms with E-state index in [1.165, 1.54) is 12.5 Å². The van der Waals surface area contributed by atoms with Crippen LogP contribution in [0.15, 0.2) is 24.3 Å². The first-order valence-electron chi connectivity index (χ1n) is 5.00. The average Bonchev–Trinajstić information content (AvgIpc) is 2.18. The molecule has 1 aromatic rings. The van der Waals surface area contributed by atoms with Crippen LogP contribution in [0.4, 0.5) is 0 Å². The summed E-state index contributed by atoms with van der Waals surface area (Å²) in [6, 6.07) is 7.51. The highest BCUT2D eigenvalue weighted by molar-refractivity contribution is 5.72. The Kier molecular flexibility index (Phi) is 3.72. The third-order valence-electron chi connectivity index (χ3n) is 2.21. The summed E-state index contributed by atoms with van der Waals surface area (Å²) in [6.07, 6.45) is -0.810. The van der Waals surface area contributed by atoms with E-state index in [4.69, 9.17) is 9.84 Å². The van der Waals surface area contributed by atoms with Crippen molar-refractivity contribution in [3.05, 3.63) is 29.8 Å². The molecule has 0 saturated carbocycles. The molecular weight excluding hydrogens is 192 g/mol. The van der Waals surface area contributed by atoms with E-state index < -0.39 is 12.1 Å². The molecule has 82 valence electrons. The fourth-order valence-corrected chi connectivity index (χ4v) is 1.19. The number of aliphatic carboxylic acids is 1. The number of benzene rings is 1. The molecule has 0 aromatic heterocycles. The lowest BCUT2D eigenvalue weighted by Crippen LogP contribution is -2.22. The first kappa shape index (κ1) is 11.6. The molecule has 0 heterocycles. The molecular formula is C12H16O3. The molecule has 1 rings (SSSR count). The van der Waals surface area contributed by atoms with Crippen LogP contribution < -0.4 is 4.74 Å². The summed E-state index contributed by atoms with van der Waals surface area (Å²) >= 11 is 0. The molecule has 1 atom stereocenters. The van der Waals surface area contributed by atoms with Gasteiger partial charge in [-0.05, 0) is 30.5 Å². The second-order valence-corrected chi connectivity index (χ2v) is 3.82. The number of rotatable bonds is 4. The van der Waals surface area contributed by atoms with Crippen LogP contribution in [0.25, 0.3) is 0 Å². The highest BCUT2D eigenvalue weighted by atomic mass is 16.5. The molecule has 0 aliphatic carbocycles. The van der Waals surface area contributed by atoms with Gasteiger partial charge in [-0.1, -0.05) is 26.0 Å². The van der Waals surface area contributed by atoms with Gasteiger partial charge >= 0.3 is 5.97 Å². The van der Waals surface area contributed by atoms with E-state index in [9.17, 15) is 4.79 Å². The van der Waals surface area contributed by atoms with Crippen LogP contribution in [0.5, 0.6) is 5.75 Å². The van der Waals surface area contributed by atoms with E-state index in [0.717, 1.165) is 0 Å². The maximum atomic E-state index is 10.6. The molecule has 0 saturated heterocycles. The Labute approximate surface area is 89.7 Å². The summed E-state index contributed by atoms with van der Waals surface area (Å²) in [5.74, 6) is 0.105. The lowest BCUT2D eigenvalue weighted by molar-refractivity contribution is -0.144. The Morgan fingerprint density at radius 1 is 1.20 bits per heavy atom. The zero-order valence-corrected chi connectivity index (χ0v) is 9.23. The average molecular weight is 208 g/mol. The lowest BCUT2D eigenvalue weighted by Gasteiger charge is -2.11. The Morgan fingerprint density at radius 3 is 2.13 bits per heavy atom. The SMILES string of the molecule is CC(C)c1ccc(O[C@H](C)C(=O)O)cc1. The number of hydrogen-bond acceptors (Lipinski definition) is 2. The molecule has 1 N–H and O–H groups in total. The number of hydrogen-bond donors (Lipinski definition) is 1. The van der Waals surface area contributed by atoms with E-state index in [1.54, 1.807) is 12.1 Å². The van der Waals surface area contributed by atoms with Crippen LogP contribution >= 0.6 is 0 Å². The largest absolute Gasteiger partial charge is 0.479 e. The van der Waals surface area contributed by atoms with Crippen molar-refractivity contribution in [2.75, 3.05) is 0 Å². The van der Waals surface area contributed by atoms with E-state index in [0.29, 0.717) is 11.7 Å². The van der Waals surface area contributed by atoms with Crippen LogP contribution in [0.3, 0.4) is 0 Å². The van der Waals surface area contributed by atoms with Crippen molar-refractivity contribution in [2.45, 2.75) is 32.8 Å². The normalized spacial score (nSPS) is 12.5. The zero-order valence-electron chi connectivity index (χ0n) is 9.23. The summed E-state index contributed by atoms with van der Waals surface area (Å²) < 4.78 is 5.21. The van der Waals surface area contributed by atoms with E-state index >= 15 is 0 Å². The van der Waals surface area contributed by atoms with Gasteiger partial charge in [0.05, 0.1) is 0 Å². The molecule has 3 nitrogen and oxygen atoms in total. The molecule has 0 aliphatic rings. The molecule has 15 heavy (non-hydrogen) atoms. The minimum absolute atomic E-state index is 0.468. The van der Waals surface area contributed by atoms with Gasteiger partial charge in [-0.2, -0.15) is 0 Å². The standard InChI is InChI=1S/C12H16O3/c1-8(2)10-4-6-11(7-5-10)15-9(3)12(13)14/h4-9H,1-3H3,(H,13,14)/t9-/m1/s1. The zero-order chi connectivity index (χ0) is 11.4. The van der Waals surface area contributed by atoms with E-state index in [-0.39, 0.29) is 0 Å². The molecule has 0 spiro atoms. The van der Waals surface area contributed by atoms with E-state index in [2.05, 4.69) is 13.8 Å². The first-order valence-corrected chi connectivity index (χ1v) is 5.00. The minimum atomic E-state index is -0.956. The highest BCUT2D eigenvalue weighted by Gasteiger charge is 2.12. The second kappa shape index (κ2) is 4.82.